The van der Waals surface area contributed by atoms with Gasteiger partial charge in [0.25, 0.3) is 5.92 Å². The first-order valence-corrected chi connectivity index (χ1v) is 13.7. The van der Waals surface area contributed by atoms with Gasteiger partial charge < -0.3 is 15.2 Å². The number of hydrogen-bond donors (Lipinski definition) is 2. The Morgan fingerprint density at radius 2 is 1.80 bits per heavy atom. The van der Waals surface area contributed by atoms with Crippen LogP contribution < -0.4 is 15.9 Å². The molecule has 35 heavy (non-hydrogen) atoms. The van der Waals surface area contributed by atoms with Gasteiger partial charge in [-0.3, -0.25) is 0 Å². The van der Waals surface area contributed by atoms with Crippen LogP contribution in [0.15, 0.2) is 30.3 Å². The summed E-state index contributed by atoms with van der Waals surface area (Å²) in [5.74, 6) is -1.89. The molecule has 0 aliphatic heterocycles. The lowest BCUT2D eigenvalue weighted by atomic mass is 9.88. The van der Waals surface area contributed by atoms with Crippen molar-refractivity contribution in [2.75, 3.05) is 24.0 Å². The standard InChI is InChI=1S/C24H26F5N4OP/c1-13-15(6-5-7-18(13)24(27,28)29)12-30-22-17-8-21(35(3,4)34)20(9-19(17)31-14(2)32-22)33-16-10-23(25,26)11-16/h5-9,16,33H,10-12H2,1-4H3,(H,30,31,32). The van der Waals surface area contributed by atoms with Crippen LogP contribution >= 0.6 is 7.14 Å². The lowest BCUT2D eigenvalue weighted by molar-refractivity contribution is -0.138. The number of halogens is 5. The Kier molecular flexibility index (Phi) is 6.32. The second kappa shape index (κ2) is 8.73. The number of alkyl halides is 5. The van der Waals surface area contributed by atoms with E-state index in [9.17, 15) is 26.5 Å². The molecule has 188 valence electrons. The van der Waals surface area contributed by atoms with Gasteiger partial charge in [-0.05, 0) is 56.5 Å². The van der Waals surface area contributed by atoms with E-state index in [-0.39, 0.29) is 24.9 Å². The zero-order valence-electron chi connectivity index (χ0n) is 19.7. The van der Waals surface area contributed by atoms with E-state index in [1.165, 1.54) is 13.0 Å². The lowest BCUT2D eigenvalue weighted by Crippen LogP contribution is -2.45. The molecule has 5 nitrogen and oxygen atoms in total. The van der Waals surface area contributed by atoms with Gasteiger partial charge in [0.2, 0.25) is 0 Å². The Morgan fingerprint density at radius 3 is 2.40 bits per heavy atom. The van der Waals surface area contributed by atoms with Gasteiger partial charge in [0.15, 0.2) is 0 Å². The fourth-order valence-corrected chi connectivity index (χ4v) is 5.47. The highest BCUT2D eigenvalue weighted by Crippen LogP contribution is 2.43. The van der Waals surface area contributed by atoms with Crippen molar-refractivity contribution in [1.82, 2.24) is 9.97 Å². The number of fused-ring (bicyclic) bond motifs is 1. The molecule has 1 fully saturated rings. The summed E-state index contributed by atoms with van der Waals surface area (Å²) in [5.41, 5.74) is 0.887. The normalized spacial score (nSPS) is 16.3. The summed E-state index contributed by atoms with van der Waals surface area (Å²) in [7, 11) is -2.83. The third kappa shape index (κ3) is 5.42. The predicted octanol–water partition coefficient (Wildman–Crippen LogP) is 6.34. The third-order valence-corrected chi connectivity index (χ3v) is 7.68. The molecule has 1 aliphatic rings. The molecule has 4 rings (SSSR count). The van der Waals surface area contributed by atoms with E-state index in [0.29, 0.717) is 39.1 Å². The summed E-state index contributed by atoms with van der Waals surface area (Å²) in [6, 6.07) is 6.94. The smallest absolute Gasteiger partial charge is 0.381 e. The fourth-order valence-electron chi connectivity index (χ4n) is 4.32. The monoisotopic (exact) mass is 512 g/mol. The van der Waals surface area contributed by atoms with Crippen molar-refractivity contribution >= 4 is 34.9 Å². The highest BCUT2D eigenvalue weighted by molar-refractivity contribution is 7.70. The Morgan fingerprint density at radius 1 is 1.11 bits per heavy atom. The van der Waals surface area contributed by atoms with Gasteiger partial charge in [-0.2, -0.15) is 13.2 Å². The summed E-state index contributed by atoms with van der Waals surface area (Å²) in [4.78, 5) is 8.86. The molecule has 1 aliphatic carbocycles. The largest absolute Gasteiger partial charge is 0.416 e. The van der Waals surface area contributed by atoms with Crippen molar-refractivity contribution in [2.24, 2.45) is 0 Å². The first-order chi connectivity index (χ1) is 16.1. The minimum Gasteiger partial charge on any atom is -0.381 e. The molecule has 11 heteroatoms. The van der Waals surface area contributed by atoms with Crippen molar-refractivity contribution < 1.29 is 26.5 Å². The molecule has 0 amide bonds. The number of hydrogen-bond acceptors (Lipinski definition) is 5. The summed E-state index contributed by atoms with van der Waals surface area (Å²) >= 11 is 0. The molecule has 1 saturated carbocycles. The molecule has 0 atom stereocenters. The van der Waals surface area contributed by atoms with E-state index < -0.39 is 30.8 Å². The first-order valence-electron chi connectivity index (χ1n) is 11.1. The molecule has 3 aromatic rings. The second-order valence-corrected chi connectivity index (χ2v) is 12.6. The van der Waals surface area contributed by atoms with Crippen molar-refractivity contribution in [2.45, 2.75) is 51.4 Å². The van der Waals surface area contributed by atoms with E-state index in [2.05, 4.69) is 20.6 Å². The maximum absolute atomic E-state index is 13.3. The van der Waals surface area contributed by atoms with Crippen molar-refractivity contribution in [3.63, 3.8) is 0 Å². The minimum absolute atomic E-state index is 0.0870. The van der Waals surface area contributed by atoms with Gasteiger partial charge in [0.05, 0.1) is 11.1 Å². The van der Waals surface area contributed by atoms with Crippen LogP contribution in [-0.4, -0.2) is 35.3 Å². The van der Waals surface area contributed by atoms with Crippen LogP contribution in [0.1, 0.15) is 35.4 Å². The molecule has 1 heterocycles. The molecule has 0 saturated heterocycles. The van der Waals surface area contributed by atoms with Crippen molar-refractivity contribution in [1.29, 1.82) is 0 Å². The molecule has 2 N–H and O–H groups in total. The zero-order chi connectivity index (χ0) is 25.8. The average molecular weight is 512 g/mol. The van der Waals surface area contributed by atoms with Crippen LogP contribution in [0.3, 0.4) is 0 Å². The van der Waals surface area contributed by atoms with E-state index in [1.807, 2.05) is 0 Å². The van der Waals surface area contributed by atoms with Gasteiger partial charge >= 0.3 is 6.18 Å². The Hall–Kier alpha value is -2.74. The number of anilines is 2. The number of nitrogens with zero attached hydrogens (tertiary/aromatic N) is 2. The summed E-state index contributed by atoms with van der Waals surface area (Å²) in [6.45, 7) is 6.36. The first kappa shape index (κ1) is 25.4. The van der Waals surface area contributed by atoms with Gasteiger partial charge in [-0.15, -0.1) is 0 Å². The highest BCUT2D eigenvalue weighted by atomic mass is 31.2. The minimum atomic E-state index is -4.45. The second-order valence-electron chi connectivity index (χ2n) is 9.40. The van der Waals surface area contributed by atoms with Gasteiger partial charge in [0, 0.05) is 41.8 Å². The Labute approximate surface area is 199 Å². The number of rotatable bonds is 6. The molecular weight excluding hydrogens is 486 g/mol. The maximum Gasteiger partial charge on any atom is 0.416 e. The number of benzene rings is 2. The van der Waals surface area contributed by atoms with Gasteiger partial charge in [-0.1, -0.05) is 12.1 Å². The van der Waals surface area contributed by atoms with Gasteiger partial charge in [-0.25, -0.2) is 18.7 Å². The van der Waals surface area contributed by atoms with Crippen LogP contribution in [0, 0.1) is 13.8 Å². The lowest BCUT2D eigenvalue weighted by Gasteiger charge is -2.36. The summed E-state index contributed by atoms with van der Waals surface area (Å²) < 4.78 is 79.6. The number of aromatic nitrogens is 2. The zero-order valence-corrected chi connectivity index (χ0v) is 20.6. The van der Waals surface area contributed by atoms with E-state index in [0.717, 1.165) is 6.07 Å². The van der Waals surface area contributed by atoms with Crippen LogP contribution in [0.4, 0.5) is 33.5 Å². The molecule has 0 spiro atoms. The molecule has 1 aromatic heterocycles. The topological polar surface area (TPSA) is 66.9 Å². The quantitative estimate of drug-likeness (QED) is 0.298. The molecular formula is C24H26F5N4OP. The highest BCUT2D eigenvalue weighted by Gasteiger charge is 2.45. The third-order valence-electron chi connectivity index (χ3n) is 6.15. The van der Waals surface area contributed by atoms with E-state index in [1.54, 1.807) is 38.5 Å². The Balaban J connectivity index is 1.71. The van der Waals surface area contributed by atoms with E-state index in [4.69, 9.17) is 0 Å². The predicted molar refractivity (Wildman–Crippen MR) is 128 cm³/mol. The van der Waals surface area contributed by atoms with Crippen LogP contribution in [0.2, 0.25) is 0 Å². The van der Waals surface area contributed by atoms with Crippen LogP contribution in [0.5, 0.6) is 0 Å². The summed E-state index contributed by atoms with van der Waals surface area (Å²) in [5, 5.41) is 7.22. The summed E-state index contributed by atoms with van der Waals surface area (Å²) in [6.07, 6.45) is -5.05. The fraction of sp³-hybridized carbons (Fsp3) is 0.417. The van der Waals surface area contributed by atoms with Crippen LogP contribution in [0.25, 0.3) is 10.9 Å². The SMILES string of the molecule is Cc1nc(NCc2cccc(C(F)(F)F)c2C)c2cc(P(C)(C)=O)c(NC3CC(F)(F)C3)cc2n1. The molecule has 2 aromatic carbocycles. The van der Waals surface area contributed by atoms with Crippen molar-refractivity contribution in [3.8, 4) is 0 Å². The van der Waals surface area contributed by atoms with Crippen molar-refractivity contribution in [3.05, 3.63) is 52.8 Å². The molecule has 0 radical (unpaired) electrons. The maximum atomic E-state index is 13.3. The number of nitrogens with one attached hydrogen (secondary N) is 2. The average Bonchev–Trinajstić information content (AvgIpc) is 2.69. The van der Waals surface area contributed by atoms with Gasteiger partial charge in [0.1, 0.15) is 18.8 Å². The molecule has 0 unspecified atom stereocenters. The molecule has 0 bridgehead atoms. The number of aryl methyl sites for hydroxylation is 1. The van der Waals surface area contributed by atoms with E-state index >= 15 is 0 Å². The Bertz CT molecular complexity index is 1330. The van der Waals surface area contributed by atoms with Crippen LogP contribution in [-0.2, 0) is 17.3 Å².